The van der Waals surface area contributed by atoms with Crippen LogP contribution in [0.2, 0.25) is 0 Å². The third kappa shape index (κ3) is 2.35. The lowest BCUT2D eigenvalue weighted by molar-refractivity contribution is 0.0947. The first-order valence-corrected chi connectivity index (χ1v) is 3.76. The van der Waals surface area contributed by atoms with Crippen LogP contribution in [0.3, 0.4) is 0 Å². The van der Waals surface area contributed by atoms with Gasteiger partial charge in [0.15, 0.2) is 0 Å². The van der Waals surface area contributed by atoms with Gasteiger partial charge in [-0.1, -0.05) is 11.2 Å². The Morgan fingerprint density at radius 3 is 3.09 bits per heavy atom. The monoisotopic (exact) mass is 155 g/mol. The summed E-state index contributed by atoms with van der Waals surface area (Å²) in [5, 5.41) is 11.2. The minimum Gasteiger partial charge on any atom is -0.411 e. The van der Waals surface area contributed by atoms with Gasteiger partial charge in [-0.3, -0.25) is 0 Å². The van der Waals surface area contributed by atoms with E-state index in [0.717, 1.165) is 24.8 Å². The molecule has 3 heteroatoms. The van der Waals surface area contributed by atoms with Crippen molar-refractivity contribution in [2.45, 2.75) is 25.4 Å². The molecule has 1 N–H and O–H groups in total. The van der Waals surface area contributed by atoms with Crippen molar-refractivity contribution in [1.29, 1.82) is 0 Å². The fourth-order valence-corrected chi connectivity index (χ4v) is 1.24. The molecule has 0 amide bonds. The molecule has 11 heavy (non-hydrogen) atoms. The second kappa shape index (κ2) is 4.13. The number of hydrogen-bond donors (Lipinski definition) is 1. The average Bonchev–Trinajstić information content (AvgIpc) is 2.07. The minimum absolute atomic E-state index is 0.353. The first kappa shape index (κ1) is 8.27. The van der Waals surface area contributed by atoms with Crippen LogP contribution in [-0.4, -0.2) is 24.6 Å². The summed E-state index contributed by atoms with van der Waals surface area (Å²) in [6.07, 6.45) is 6.80. The Kier molecular flexibility index (Phi) is 3.11. The van der Waals surface area contributed by atoms with Gasteiger partial charge < -0.3 is 9.94 Å². The Balaban J connectivity index is 2.43. The van der Waals surface area contributed by atoms with Crippen molar-refractivity contribution in [3.63, 3.8) is 0 Å². The minimum atomic E-state index is 0.353. The molecular weight excluding hydrogens is 142 g/mol. The van der Waals surface area contributed by atoms with Crippen molar-refractivity contribution >= 4 is 6.21 Å². The lowest BCUT2D eigenvalue weighted by Crippen LogP contribution is -2.13. The molecule has 0 heterocycles. The number of hydrogen-bond acceptors (Lipinski definition) is 3. The quantitative estimate of drug-likeness (QED) is 0.373. The van der Waals surface area contributed by atoms with Crippen molar-refractivity contribution < 1.29 is 9.94 Å². The van der Waals surface area contributed by atoms with Crippen LogP contribution in [0.1, 0.15) is 19.3 Å². The lowest BCUT2D eigenvalue weighted by atomic mass is 9.98. The largest absolute Gasteiger partial charge is 0.411 e. The fourth-order valence-electron chi connectivity index (χ4n) is 1.24. The van der Waals surface area contributed by atoms with E-state index < -0.39 is 0 Å². The Bertz CT molecular complexity index is 175. The normalized spacial score (nSPS) is 25.5. The highest BCUT2D eigenvalue weighted by atomic mass is 16.5. The number of allylic oxidation sites excluding steroid dienone is 1. The smallest absolute Gasteiger partial charge is 0.0690 e. The van der Waals surface area contributed by atoms with Crippen LogP contribution < -0.4 is 0 Å². The standard InChI is InChI=1S/C8H13NO2/c1-11-8-4-2-7(3-5-8)6-9-10/h2,6,8,10H,3-5H2,1H3/b9-6+. The van der Waals surface area contributed by atoms with E-state index in [1.54, 1.807) is 7.11 Å². The molecule has 62 valence electrons. The SMILES string of the molecule is COC1CC=C(/C=N/O)CC1. The van der Waals surface area contributed by atoms with E-state index in [0.29, 0.717) is 6.10 Å². The molecule has 0 aromatic rings. The highest BCUT2D eigenvalue weighted by Gasteiger charge is 2.11. The zero-order valence-corrected chi connectivity index (χ0v) is 6.66. The lowest BCUT2D eigenvalue weighted by Gasteiger charge is -2.18. The number of nitrogens with zero attached hydrogens (tertiary/aromatic N) is 1. The topological polar surface area (TPSA) is 41.8 Å². The number of ether oxygens (including phenoxy) is 1. The molecule has 0 radical (unpaired) electrons. The molecule has 0 fully saturated rings. The molecule has 1 aliphatic rings. The van der Waals surface area contributed by atoms with Gasteiger partial charge in [0.05, 0.1) is 12.3 Å². The predicted octanol–water partition coefficient (Wildman–Crippen LogP) is 1.57. The summed E-state index contributed by atoms with van der Waals surface area (Å²) in [5.74, 6) is 0. The van der Waals surface area contributed by atoms with Crippen molar-refractivity contribution in [1.82, 2.24) is 0 Å². The van der Waals surface area contributed by atoms with Crippen LogP contribution in [0.5, 0.6) is 0 Å². The number of methoxy groups -OCH3 is 1. The highest BCUT2D eigenvalue weighted by Crippen LogP contribution is 2.18. The number of oxime groups is 1. The summed E-state index contributed by atoms with van der Waals surface area (Å²) in [6, 6.07) is 0. The molecule has 0 aromatic heterocycles. The zero-order chi connectivity index (χ0) is 8.10. The molecule has 1 rings (SSSR count). The number of rotatable bonds is 2. The van der Waals surface area contributed by atoms with Crippen LogP contribution in [0.25, 0.3) is 0 Å². The molecule has 0 aliphatic heterocycles. The second-order valence-electron chi connectivity index (χ2n) is 2.66. The van der Waals surface area contributed by atoms with Crippen molar-refractivity contribution in [2.24, 2.45) is 5.16 Å². The molecule has 0 spiro atoms. The van der Waals surface area contributed by atoms with E-state index in [1.807, 2.05) is 0 Å². The summed E-state index contributed by atoms with van der Waals surface area (Å²) in [4.78, 5) is 0. The van der Waals surface area contributed by atoms with E-state index in [1.165, 1.54) is 6.21 Å². The van der Waals surface area contributed by atoms with Crippen molar-refractivity contribution in [3.8, 4) is 0 Å². The second-order valence-corrected chi connectivity index (χ2v) is 2.66. The average molecular weight is 155 g/mol. The van der Waals surface area contributed by atoms with Gasteiger partial charge >= 0.3 is 0 Å². The van der Waals surface area contributed by atoms with E-state index in [9.17, 15) is 0 Å². The van der Waals surface area contributed by atoms with Gasteiger partial charge in [0.2, 0.25) is 0 Å². The van der Waals surface area contributed by atoms with Gasteiger partial charge in [-0.15, -0.1) is 0 Å². The van der Waals surface area contributed by atoms with Crippen LogP contribution in [0.4, 0.5) is 0 Å². The first-order chi connectivity index (χ1) is 5.36. The zero-order valence-electron chi connectivity index (χ0n) is 6.66. The van der Waals surface area contributed by atoms with E-state index >= 15 is 0 Å². The molecule has 1 aliphatic carbocycles. The first-order valence-electron chi connectivity index (χ1n) is 3.76. The summed E-state index contributed by atoms with van der Waals surface area (Å²) in [6.45, 7) is 0. The fraction of sp³-hybridized carbons (Fsp3) is 0.625. The summed E-state index contributed by atoms with van der Waals surface area (Å²) in [5.41, 5.74) is 1.10. The highest BCUT2D eigenvalue weighted by molar-refractivity contribution is 5.78. The van der Waals surface area contributed by atoms with Crippen LogP contribution >= 0.6 is 0 Å². The Hall–Kier alpha value is -0.830. The molecular formula is C8H13NO2. The predicted molar refractivity (Wildman–Crippen MR) is 43.0 cm³/mol. The maximum Gasteiger partial charge on any atom is 0.0690 e. The molecule has 3 nitrogen and oxygen atoms in total. The Labute approximate surface area is 66.4 Å². The van der Waals surface area contributed by atoms with Gasteiger partial charge in [0.1, 0.15) is 0 Å². The molecule has 0 saturated heterocycles. The van der Waals surface area contributed by atoms with Gasteiger partial charge in [0, 0.05) is 7.11 Å². The van der Waals surface area contributed by atoms with Gasteiger partial charge in [-0.2, -0.15) is 0 Å². The third-order valence-corrected chi connectivity index (χ3v) is 1.95. The summed E-state index contributed by atoms with van der Waals surface area (Å²) in [7, 11) is 1.73. The van der Waals surface area contributed by atoms with Crippen molar-refractivity contribution in [2.75, 3.05) is 7.11 Å². The summed E-state index contributed by atoms with van der Waals surface area (Å²) < 4.78 is 5.17. The molecule has 1 unspecified atom stereocenters. The molecule has 0 bridgehead atoms. The maximum absolute atomic E-state index is 8.24. The van der Waals surface area contributed by atoms with Gasteiger partial charge in [-0.25, -0.2) is 0 Å². The third-order valence-electron chi connectivity index (χ3n) is 1.95. The van der Waals surface area contributed by atoms with Crippen LogP contribution in [-0.2, 0) is 4.74 Å². The van der Waals surface area contributed by atoms with E-state index in [4.69, 9.17) is 9.94 Å². The van der Waals surface area contributed by atoms with Gasteiger partial charge in [0.25, 0.3) is 0 Å². The van der Waals surface area contributed by atoms with Crippen molar-refractivity contribution in [3.05, 3.63) is 11.6 Å². The Morgan fingerprint density at radius 2 is 2.64 bits per heavy atom. The van der Waals surface area contributed by atoms with Crippen LogP contribution in [0.15, 0.2) is 16.8 Å². The Morgan fingerprint density at radius 1 is 1.82 bits per heavy atom. The van der Waals surface area contributed by atoms with Gasteiger partial charge in [-0.05, 0) is 24.8 Å². The molecule has 1 atom stereocenters. The molecule has 0 aromatic carbocycles. The van der Waals surface area contributed by atoms with E-state index in [-0.39, 0.29) is 0 Å². The molecule has 0 saturated carbocycles. The van der Waals surface area contributed by atoms with Crippen LogP contribution in [0, 0.1) is 0 Å². The van der Waals surface area contributed by atoms with E-state index in [2.05, 4.69) is 11.2 Å². The summed E-state index contributed by atoms with van der Waals surface area (Å²) >= 11 is 0. The maximum atomic E-state index is 8.24.